The summed E-state index contributed by atoms with van der Waals surface area (Å²) in [6.07, 6.45) is 2.73. The largest absolute Gasteiger partial charge is 0.456 e. The summed E-state index contributed by atoms with van der Waals surface area (Å²) >= 11 is 0. The monoisotopic (exact) mass is 242 g/mol. The molecule has 3 nitrogen and oxygen atoms in total. The Balaban J connectivity index is 2.08. The van der Waals surface area contributed by atoms with Crippen molar-refractivity contribution in [2.24, 2.45) is 5.73 Å². The highest BCUT2D eigenvalue weighted by atomic mass is 16.5. The zero-order valence-corrected chi connectivity index (χ0v) is 10.8. The molecule has 0 saturated heterocycles. The topological polar surface area (TPSA) is 48.1 Å². The maximum Gasteiger partial charge on any atom is 0.145 e. The number of aryl methyl sites for hydroxylation is 1. The van der Waals surface area contributed by atoms with Crippen LogP contribution in [0, 0.1) is 0 Å². The molecule has 1 aromatic heterocycles. The third kappa shape index (κ3) is 3.08. The molecule has 0 radical (unpaired) electrons. The van der Waals surface area contributed by atoms with Crippen LogP contribution in [0.5, 0.6) is 11.5 Å². The van der Waals surface area contributed by atoms with E-state index in [9.17, 15) is 0 Å². The molecule has 0 spiro atoms. The molecule has 94 valence electrons. The van der Waals surface area contributed by atoms with Gasteiger partial charge in [-0.15, -0.1) is 0 Å². The van der Waals surface area contributed by atoms with Gasteiger partial charge in [-0.05, 0) is 43.2 Å². The van der Waals surface area contributed by atoms with E-state index in [1.165, 1.54) is 5.56 Å². The minimum Gasteiger partial charge on any atom is -0.456 e. The van der Waals surface area contributed by atoms with Crippen molar-refractivity contribution >= 4 is 0 Å². The first kappa shape index (κ1) is 12.6. The number of hydrogen-bond donors (Lipinski definition) is 1. The van der Waals surface area contributed by atoms with E-state index >= 15 is 0 Å². The second kappa shape index (κ2) is 5.65. The number of benzene rings is 1. The number of ether oxygens (including phenoxy) is 1. The number of nitrogens with zero attached hydrogens (tertiary/aromatic N) is 1. The summed E-state index contributed by atoms with van der Waals surface area (Å²) in [6.45, 7) is 4.04. The molecule has 2 N–H and O–H groups in total. The first-order valence-corrected chi connectivity index (χ1v) is 6.17. The lowest BCUT2D eigenvalue weighted by Gasteiger charge is -2.08. The molecule has 3 heteroatoms. The number of pyridine rings is 1. The van der Waals surface area contributed by atoms with Crippen molar-refractivity contribution < 1.29 is 4.74 Å². The van der Waals surface area contributed by atoms with Gasteiger partial charge in [0.25, 0.3) is 0 Å². The highest BCUT2D eigenvalue weighted by molar-refractivity contribution is 5.32. The van der Waals surface area contributed by atoms with E-state index in [1.807, 2.05) is 31.2 Å². The van der Waals surface area contributed by atoms with Crippen molar-refractivity contribution in [2.45, 2.75) is 26.3 Å². The molecule has 0 unspecified atom stereocenters. The molecule has 1 aromatic carbocycles. The average molecular weight is 242 g/mol. The standard InChI is InChI=1S/C15H18N2O/c1-3-12-4-6-13(7-5-12)18-14-8-9-15(11(2)16)17-10-14/h4-11H,3,16H2,1-2H3/t11-/m0/s1. The molecule has 0 fully saturated rings. The van der Waals surface area contributed by atoms with E-state index in [2.05, 4.69) is 24.0 Å². The fourth-order valence-corrected chi connectivity index (χ4v) is 1.65. The van der Waals surface area contributed by atoms with Crippen molar-refractivity contribution in [1.29, 1.82) is 0 Å². The predicted molar refractivity (Wildman–Crippen MR) is 72.7 cm³/mol. The van der Waals surface area contributed by atoms with E-state index in [0.29, 0.717) is 0 Å². The molecule has 1 atom stereocenters. The summed E-state index contributed by atoms with van der Waals surface area (Å²) in [5.41, 5.74) is 7.91. The van der Waals surface area contributed by atoms with Crippen LogP contribution in [-0.2, 0) is 6.42 Å². The summed E-state index contributed by atoms with van der Waals surface area (Å²) in [4.78, 5) is 4.26. The van der Waals surface area contributed by atoms with Crippen molar-refractivity contribution in [2.75, 3.05) is 0 Å². The van der Waals surface area contributed by atoms with Crippen LogP contribution < -0.4 is 10.5 Å². The Bertz CT molecular complexity index is 489. The van der Waals surface area contributed by atoms with Gasteiger partial charge in [0.05, 0.1) is 11.9 Å². The van der Waals surface area contributed by atoms with Gasteiger partial charge in [0.1, 0.15) is 11.5 Å². The smallest absolute Gasteiger partial charge is 0.145 e. The van der Waals surface area contributed by atoms with Gasteiger partial charge in [0.15, 0.2) is 0 Å². The van der Waals surface area contributed by atoms with Crippen molar-refractivity contribution in [3.05, 3.63) is 53.9 Å². The summed E-state index contributed by atoms with van der Waals surface area (Å²) in [6, 6.07) is 11.8. The molecule has 2 rings (SSSR count). The summed E-state index contributed by atoms with van der Waals surface area (Å²) in [5, 5.41) is 0. The van der Waals surface area contributed by atoms with E-state index in [1.54, 1.807) is 6.20 Å². The molecule has 18 heavy (non-hydrogen) atoms. The minimum absolute atomic E-state index is 0.0529. The Hall–Kier alpha value is -1.87. The molecule has 2 aromatic rings. The fraction of sp³-hybridized carbons (Fsp3) is 0.267. The van der Waals surface area contributed by atoms with Crippen LogP contribution in [-0.4, -0.2) is 4.98 Å². The quantitative estimate of drug-likeness (QED) is 0.893. The van der Waals surface area contributed by atoms with Gasteiger partial charge in [-0.3, -0.25) is 4.98 Å². The zero-order chi connectivity index (χ0) is 13.0. The van der Waals surface area contributed by atoms with Crippen molar-refractivity contribution in [1.82, 2.24) is 4.98 Å². The SMILES string of the molecule is CCc1ccc(Oc2ccc([C@H](C)N)nc2)cc1. The van der Waals surface area contributed by atoms with Gasteiger partial charge in [0.2, 0.25) is 0 Å². The lowest BCUT2D eigenvalue weighted by molar-refractivity contribution is 0.479. The molecule has 0 bridgehead atoms. The van der Waals surface area contributed by atoms with Gasteiger partial charge in [-0.1, -0.05) is 19.1 Å². The highest BCUT2D eigenvalue weighted by Gasteiger charge is 2.02. The van der Waals surface area contributed by atoms with Crippen LogP contribution in [0.25, 0.3) is 0 Å². The van der Waals surface area contributed by atoms with Crippen molar-refractivity contribution in [3.63, 3.8) is 0 Å². The summed E-state index contributed by atoms with van der Waals surface area (Å²) < 4.78 is 5.71. The molecular weight excluding hydrogens is 224 g/mol. The molecule has 0 saturated carbocycles. The molecule has 0 aliphatic rings. The third-order valence-corrected chi connectivity index (χ3v) is 2.79. The van der Waals surface area contributed by atoms with Gasteiger partial charge in [-0.25, -0.2) is 0 Å². The molecule has 0 aliphatic heterocycles. The summed E-state index contributed by atoms with van der Waals surface area (Å²) in [5.74, 6) is 1.55. The van der Waals surface area contributed by atoms with Crippen LogP contribution in [0.15, 0.2) is 42.6 Å². The lowest BCUT2D eigenvalue weighted by atomic mass is 10.2. The van der Waals surface area contributed by atoms with Crippen molar-refractivity contribution in [3.8, 4) is 11.5 Å². The maximum absolute atomic E-state index is 5.74. The van der Waals surface area contributed by atoms with Gasteiger partial charge in [-0.2, -0.15) is 0 Å². The van der Waals surface area contributed by atoms with Crippen LogP contribution in [0.1, 0.15) is 31.1 Å². The Kier molecular flexibility index (Phi) is 3.95. The van der Waals surface area contributed by atoms with E-state index in [-0.39, 0.29) is 6.04 Å². The fourth-order valence-electron chi connectivity index (χ4n) is 1.65. The Morgan fingerprint density at radius 2 is 1.78 bits per heavy atom. The number of aromatic nitrogens is 1. The summed E-state index contributed by atoms with van der Waals surface area (Å²) in [7, 11) is 0. The number of rotatable bonds is 4. The minimum atomic E-state index is -0.0529. The van der Waals surface area contributed by atoms with Gasteiger partial charge >= 0.3 is 0 Å². The number of hydrogen-bond acceptors (Lipinski definition) is 3. The Morgan fingerprint density at radius 3 is 2.28 bits per heavy atom. The lowest BCUT2D eigenvalue weighted by Crippen LogP contribution is -2.06. The maximum atomic E-state index is 5.74. The van der Waals surface area contributed by atoms with Gasteiger partial charge < -0.3 is 10.5 Å². The normalized spacial score (nSPS) is 12.2. The Morgan fingerprint density at radius 1 is 1.11 bits per heavy atom. The average Bonchev–Trinajstić information content (AvgIpc) is 2.40. The predicted octanol–water partition coefficient (Wildman–Crippen LogP) is 3.46. The molecule has 0 amide bonds. The second-order valence-corrected chi connectivity index (χ2v) is 4.31. The van der Waals surface area contributed by atoms with E-state index in [0.717, 1.165) is 23.6 Å². The molecular formula is C15H18N2O. The third-order valence-electron chi connectivity index (χ3n) is 2.79. The van der Waals surface area contributed by atoms with Crippen LogP contribution in [0.4, 0.5) is 0 Å². The molecule has 1 heterocycles. The van der Waals surface area contributed by atoms with E-state index in [4.69, 9.17) is 10.5 Å². The van der Waals surface area contributed by atoms with Crippen LogP contribution in [0.3, 0.4) is 0 Å². The first-order chi connectivity index (χ1) is 8.69. The van der Waals surface area contributed by atoms with Crippen LogP contribution in [0.2, 0.25) is 0 Å². The molecule has 0 aliphatic carbocycles. The zero-order valence-electron chi connectivity index (χ0n) is 10.8. The number of nitrogens with two attached hydrogens (primary N) is 1. The van der Waals surface area contributed by atoms with Gasteiger partial charge in [0, 0.05) is 6.04 Å². The van der Waals surface area contributed by atoms with E-state index < -0.39 is 0 Å². The first-order valence-electron chi connectivity index (χ1n) is 6.17. The highest BCUT2D eigenvalue weighted by Crippen LogP contribution is 2.21. The van der Waals surface area contributed by atoms with Crippen LogP contribution >= 0.6 is 0 Å². The second-order valence-electron chi connectivity index (χ2n) is 4.31. The Labute approximate surface area is 108 Å².